The molecule has 0 amide bonds. The lowest BCUT2D eigenvalue weighted by Crippen LogP contribution is -2.60. The van der Waals surface area contributed by atoms with Crippen LogP contribution in [0.4, 0.5) is 0 Å². The molecule has 108 valence electrons. The van der Waals surface area contributed by atoms with E-state index >= 15 is 0 Å². The zero-order valence-corrected chi connectivity index (χ0v) is 15.3. The second-order valence-electron chi connectivity index (χ2n) is 9.24. The van der Waals surface area contributed by atoms with Crippen LogP contribution in [0.5, 0.6) is 0 Å². The molecule has 18 heavy (non-hydrogen) atoms. The van der Waals surface area contributed by atoms with Crippen LogP contribution in [0, 0.1) is 0 Å². The van der Waals surface area contributed by atoms with E-state index in [1.165, 1.54) is 25.2 Å². The first-order chi connectivity index (χ1) is 7.81. The van der Waals surface area contributed by atoms with Gasteiger partial charge in [0.25, 0.3) is 0 Å². The number of nitrogens with zero attached hydrogens (tertiary/aromatic N) is 1. The fraction of sp³-hybridized carbons (Fsp3) is 1.00. The third-order valence-electron chi connectivity index (χ3n) is 5.44. The van der Waals surface area contributed by atoms with Gasteiger partial charge in [-0.05, 0) is 56.0 Å². The number of rotatable bonds is 0. The Kier molecular flexibility index (Phi) is 4.17. The third kappa shape index (κ3) is 2.85. The maximum Gasteiger partial charge on any atom is 0.0668 e. The highest BCUT2D eigenvalue weighted by atomic mass is 28.3. The van der Waals surface area contributed by atoms with Gasteiger partial charge in [0, 0.05) is 5.54 Å². The summed E-state index contributed by atoms with van der Waals surface area (Å²) in [5.41, 5.74) is 0.344. The number of hydrogen-bond donors (Lipinski definition) is 0. The molecule has 1 aliphatic rings. The van der Waals surface area contributed by atoms with Crippen molar-refractivity contribution in [1.29, 1.82) is 0 Å². The van der Waals surface area contributed by atoms with Gasteiger partial charge < -0.3 is 0 Å². The van der Waals surface area contributed by atoms with E-state index in [9.17, 15) is 0 Å². The summed E-state index contributed by atoms with van der Waals surface area (Å²) >= 11 is 0. The van der Waals surface area contributed by atoms with Crippen LogP contribution in [0.3, 0.4) is 0 Å². The Hall–Kier alpha value is 0.177. The van der Waals surface area contributed by atoms with Crippen LogP contribution in [-0.2, 0) is 0 Å². The quantitative estimate of drug-likeness (QED) is 0.550. The normalized spacial score (nSPS) is 23.2. The minimum Gasteiger partial charge on any atom is -0.299 e. The summed E-state index contributed by atoms with van der Waals surface area (Å²) < 4.78 is 0. The standard InChI is InChI=1S/C16H35NSi/c1-14(2,3)17-10-12-18(13-11-17,15(4,5)6)16(7,8)9/h10-13H2,1-9H3. The van der Waals surface area contributed by atoms with Crippen LogP contribution < -0.4 is 0 Å². The molecule has 0 bridgehead atoms. The highest BCUT2D eigenvalue weighted by Gasteiger charge is 2.53. The Morgan fingerprint density at radius 2 is 1.00 bits per heavy atom. The van der Waals surface area contributed by atoms with E-state index in [0.717, 1.165) is 0 Å². The molecule has 1 rings (SSSR count). The van der Waals surface area contributed by atoms with Gasteiger partial charge in [-0.25, -0.2) is 0 Å². The molecule has 0 radical (unpaired) electrons. The summed E-state index contributed by atoms with van der Waals surface area (Å²) in [4.78, 5) is 2.69. The van der Waals surface area contributed by atoms with Crippen molar-refractivity contribution in [1.82, 2.24) is 4.90 Å². The van der Waals surface area contributed by atoms with Crippen molar-refractivity contribution in [2.24, 2.45) is 0 Å². The van der Waals surface area contributed by atoms with E-state index < -0.39 is 8.07 Å². The minimum absolute atomic E-state index is 0.344. The SMILES string of the molecule is CC(C)(C)N1CC[Si](C(C)(C)C)(C(C)(C)C)CC1. The van der Waals surface area contributed by atoms with Crippen molar-refractivity contribution in [2.75, 3.05) is 13.1 Å². The second-order valence-corrected chi connectivity index (χ2v) is 15.4. The first-order valence-electron chi connectivity index (χ1n) is 7.56. The average molecular weight is 270 g/mol. The molecule has 2 heteroatoms. The topological polar surface area (TPSA) is 3.24 Å². The van der Waals surface area contributed by atoms with Gasteiger partial charge in [0.1, 0.15) is 0 Å². The lowest BCUT2D eigenvalue weighted by atomic mass is 10.1. The minimum atomic E-state index is -1.25. The van der Waals surface area contributed by atoms with Gasteiger partial charge in [0.05, 0.1) is 8.07 Å². The maximum absolute atomic E-state index is 2.69. The monoisotopic (exact) mass is 269 g/mol. The van der Waals surface area contributed by atoms with Crippen molar-refractivity contribution in [3.8, 4) is 0 Å². The van der Waals surface area contributed by atoms with E-state index in [4.69, 9.17) is 0 Å². The van der Waals surface area contributed by atoms with Gasteiger partial charge >= 0.3 is 0 Å². The van der Waals surface area contributed by atoms with Crippen molar-refractivity contribution in [2.45, 2.75) is 90.0 Å². The molecule has 0 aromatic rings. The largest absolute Gasteiger partial charge is 0.299 e. The van der Waals surface area contributed by atoms with Crippen LogP contribution in [-0.4, -0.2) is 31.6 Å². The smallest absolute Gasteiger partial charge is 0.0668 e. The van der Waals surface area contributed by atoms with Gasteiger partial charge in [0.2, 0.25) is 0 Å². The fourth-order valence-corrected chi connectivity index (χ4v) is 11.0. The average Bonchev–Trinajstić information content (AvgIpc) is 2.13. The van der Waals surface area contributed by atoms with Gasteiger partial charge in [-0.15, -0.1) is 0 Å². The molecule has 1 aliphatic heterocycles. The highest BCUT2D eigenvalue weighted by Crippen LogP contribution is 2.56. The number of hydrogen-bond acceptors (Lipinski definition) is 1. The first-order valence-corrected chi connectivity index (χ1v) is 9.98. The summed E-state index contributed by atoms with van der Waals surface area (Å²) in [6, 6.07) is 2.94. The molecule has 0 N–H and O–H groups in total. The van der Waals surface area contributed by atoms with Gasteiger partial charge in [0.15, 0.2) is 0 Å². The van der Waals surface area contributed by atoms with Crippen molar-refractivity contribution < 1.29 is 0 Å². The summed E-state index contributed by atoms with van der Waals surface area (Å²) in [6.45, 7) is 24.7. The molecule has 1 saturated heterocycles. The van der Waals surface area contributed by atoms with E-state index in [1.54, 1.807) is 0 Å². The van der Waals surface area contributed by atoms with Gasteiger partial charge in [-0.2, -0.15) is 0 Å². The van der Waals surface area contributed by atoms with E-state index in [1.807, 2.05) is 0 Å². The Labute approximate surface area is 116 Å². The molecule has 0 atom stereocenters. The van der Waals surface area contributed by atoms with Crippen LogP contribution in [0.1, 0.15) is 62.3 Å². The summed E-state index contributed by atoms with van der Waals surface area (Å²) in [6.07, 6.45) is 0. The fourth-order valence-electron chi connectivity index (χ4n) is 4.18. The van der Waals surface area contributed by atoms with Crippen LogP contribution in [0.2, 0.25) is 22.2 Å². The second kappa shape index (κ2) is 4.62. The molecule has 0 unspecified atom stereocenters. The van der Waals surface area contributed by atoms with E-state index in [2.05, 4.69) is 67.2 Å². The maximum atomic E-state index is 2.69. The molecule has 1 heterocycles. The van der Waals surface area contributed by atoms with Gasteiger partial charge in [-0.3, -0.25) is 4.90 Å². The summed E-state index contributed by atoms with van der Waals surface area (Å²) in [5, 5.41) is 1.05. The molecule has 0 aromatic heterocycles. The van der Waals surface area contributed by atoms with Crippen LogP contribution in [0.15, 0.2) is 0 Å². The van der Waals surface area contributed by atoms with Crippen LogP contribution in [0.25, 0.3) is 0 Å². The molecule has 0 spiro atoms. The zero-order valence-electron chi connectivity index (χ0n) is 14.3. The van der Waals surface area contributed by atoms with E-state index in [0.29, 0.717) is 15.6 Å². The lowest BCUT2D eigenvalue weighted by Gasteiger charge is -2.57. The van der Waals surface area contributed by atoms with Crippen molar-refractivity contribution in [3.63, 3.8) is 0 Å². The highest BCUT2D eigenvalue weighted by molar-refractivity contribution is 6.85. The van der Waals surface area contributed by atoms with Crippen molar-refractivity contribution >= 4 is 8.07 Å². The first kappa shape index (κ1) is 16.2. The van der Waals surface area contributed by atoms with Gasteiger partial charge in [-0.1, -0.05) is 41.5 Å². The Morgan fingerprint density at radius 3 is 1.22 bits per heavy atom. The van der Waals surface area contributed by atoms with Crippen LogP contribution >= 0.6 is 0 Å². The lowest BCUT2D eigenvalue weighted by molar-refractivity contribution is 0.142. The molecule has 0 aromatic carbocycles. The summed E-state index contributed by atoms with van der Waals surface area (Å²) in [7, 11) is -1.25. The third-order valence-corrected chi connectivity index (χ3v) is 13.3. The predicted molar refractivity (Wildman–Crippen MR) is 86.1 cm³/mol. The molecule has 0 saturated carbocycles. The molecule has 1 nitrogen and oxygen atoms in total. The Morgan fingerprint density at radius 1 is 0.667 bits per heavy atom. The molecular formula is C16H35NSi. The predicted octanol–water partition coefficient (Wildman–Crippen LogP) is 5.15. The summed E-state index contributed by atoms with van der Waals surface area (Å²) in [5.74, 6) is 0. The molecule has 1 fully saturated rings. The van der Waals surface area contributed by atoms with E-state index in [-0.39, 0.29) is 0 Å². The Bertz CT molecular complexity index is 264. The van der Waals surface area contributed by atoms with Crippen molar-refractivity contribution in [3.05, 3.63) is 0 Å². The molecular weight excluding hydrogens is 234 g/mol. The zero-order chi connectivity index (χ0) is 14.4. The molecule has 0 aliphatic carbocycles. The Balaban J connectivity index is 2.95.